The predicted molar refractivity (Wildman–Crippen MR) is 114 cm³/mol. The summed E-state index contributed by atoms with van der Waals surface area (Å²) in [5.41, 5.74) is 1.16. The van der Waals surface area contributed by atoms with Gasteiger partial charge in [0.1, 0.15) is 0 Å². The molecule has 1 heterocycles. The van der Waals surface area contributed by atoms with Gasteiger partial charge in [-0.2, -0.15) is 0 Å². The van der Waals surface area contributed by atoms with E-state index in [1.54, 1.807) is 24.3 Å². The molecule has 1 amide bonds. The molecule has 0 aromatic heterocycles. The Bertz CT molecular complexity index is 938. The number of amides is 1. The van der Waals surface area contributed by atoms with Crippen LogP contribution in [0, 0.1) is 11.6 Å². The molecule has 1 saturated heterocycles. The number of nitrogens with one attached hydrogen (secondary N) is 1. The first-order valence-corrected chi connectivity index (χ1v) is 10.4. The highest BCUT2D eigenvalue weighted by molar-refractivity contribution is 5.89. The molecule has 0 radical (unpaired) electrons. The van der Waals surface area contributed by atoms with Crippen LogP contribution in [0.5, 0.6) is 0 Å². The van der Waals surface area contributed by atoms with Crippen LogP contribution in [-0.2, 0) is 16.0 Å². The molecule has 5 nitrogen and oxygen atoms in total. The summed E-state index contributed by atoms with van der Waals surface area (Å²) in [7, 11) is 1.31. The van der Waals surface area contributed by atoms with Gasteiger partial charge in [0.25, 0.3) is 0 Å². The molecule has 2 aromatic rings. The Balaban J connectivity index is 1.81. The lowest BCUT2D eigenvalue weighted by atomic mass is 9.86. The molecule has 2 aromatic carbocycles. The molecule has 0 aliphatic carbocycles. The van der Waals surface area contributed by atoms with Gasteiger partial charge in [-0.15, -0.1) is 0 Å². The van der Waals surface area contributed by atoms with Crippen molar-refractivity contribution in [2.75, 3.05) is 20.2 Å². The van der Waals surface area contributed by atoms with Crippen LogP contribution >= 0.6 is 0 Å². The molecule has 7 heteroatoms. The van der Waals surface area contributed by atoms with E-state index in [-0.39, 0.29) is 12.3 Å². The largest absolute Gasteiger partial charge is 0.465 e. The SMILES string of the molecule is COC(=O)c1ccc(CC(=O)NC(c2ccc(F)c(F)c2)C(C)(C)N2CCCC2)cc1. The van der Waals surface area contributed by atoms with Crippen molar-refractivity contribution in [2.45, 2.75) is 44.7 Å². The number of halogens is 2. The minimum absolute atomic E-state index is 0.0949. The van der Waals surface area contributed by atoms with Gasteiger partial charge < -0.3 is 10.1 Å². The highest BCUT2D eigenvalue weighted by Crippen LogP contribution is 2.34. The highest BCUT2D eigenvalue weighted by atomic mass is 19.2. The third-order valence-electron chi connectivity index (χ3n) is 5.95. The van der Waals surface area contributed by atoms with E-state index >= 15 is 0 Å². The van der Waals surface area contributed by atoms with Crippen LogP contribution in [0.1, 0.15) is 54.2 Å². The molecule has 166 valence electrons. The summed E-state index contributed by atoms with van der Waals surface area (Å²) in [6, 6.07) is 9.85. The second-order valence-electron chi connectivity index (χ2n) is 8.39. The van der Waals surface area contributed by atoms with Gasteiger partial charge in [0, 0.05) is 5.54 Å². The topological polar surface area (TPSA) is 58.6 Å². The molecule has 0 saturated carbocycles. The molecule has 1 aliphatic rings. The maximum absolute atomic E-state index is 14.0. The number of carbonyl (C=O) groups excluding carboxylic acids is 2. The molecule has 0 spiro atoms. The highest BCUT2D eigenvalue weighted by Gasteiger charge is 2.38. The van der Waals surface area contributed by atoms with Crippen molar-refractivity contribution in [3.63, 3.8) is 0 Å². The van der Waals surface area contributed by atoms with Crippen LogP contribution in [0.25, 0.3) is 0 Å². The van der Waals surface area contributed by atoms with Gasteiger partial charge in [-0.25, -0.2) is 13.6 Å². The molecule has 1 atom stereocenters. The minimum atomic E-state index is -0.938. The molecular formula is C24H28F2N2O3. The summed E-state index contributed by atoms with van der Waals surface area (Å²) in [6.07, 6.45) is 2.22. The number of esters is 1. The summed E-state index contributed by atoms with van der Waals surface area (Å²) >= 11 is 0. The molecule has 1 unspecified atom stereocenters. The van der Waals surface area contributed by atoms with Crippen LogP contribution in [0.2, 0.25) is 0 Å². The zero-order valence-corrected chi connectivity index (χ0v) is 18.1. The van der Waals surface area contributed by atoms with Crippen molar-refractivity contribution in [1.82, 2.24) is 10.2 Å². The first kappa shape index (κ1) is 22.9. The van der Waals surface area contributed by atoms with Gasteiger partial charge in [0.2, 0.25) is 5.91 Å². The summed E-state index contributed by atoms with van der Waals surface area (Å²) in [5.74, 6) is -2.54. The zero-order chi connectivity index (χ0) is 22.6. The molecule has 1 fully saturated rings. The van der Waals surface area contributed by atoms with Crippen LogP contribution in [0.4, 0.5) is 8.78 Å². The normalized spacial score (nSPS) is 15.5. The maximum Gasteiger partial charge on any atom is 0.337 e. The molecule has 1 N–H and O–H groups in total. The molecule has 3 rings (SSSR count). The minimum Gasteiger partial charge on any atom is -0.465 e. The number of benzene rings is 2. The van der Waals surface area contributed by atoms with E-state index in [2.05, 4.69) is 15.0 Å². The van der Waals surface area contributed by atoms with Gasteiger partial charge in [0.15, 0.2) is 11.6 Å². The van der Waals surface area contributed by atoms with E-state index in [0.717, 1.165) is 43.6 Å². The Morgan fingerprint density at radius 2 is 1.71 bits per heavy atom. The summed E-state index contributed by atoms with van der Waals surface area (Å²) in [4.78, 5) is 26.7. The maximum atomic E-state index is 14.0. The monoisotopic (exact) mass is 430 g/mol. The van der Waals surface area contributed by atoms with Crippen molar-refractivity contribution in [2.24, 2.45) is 0 Å². The number of hydrogen-bond donors (Lipinski definition) is 1. The van der Waals surface area contributed by atoms with E-state index in [9.17, 15) is 18.4 Å². The van der Waals surface area contributed by atoms with Crippen LogP contribution in [0.15, 0.2) is 42.5 Å². The van der Waals surface area contributed by atoms with Crippen molar-refractivity contribution < 1.29 is 23.1 Å². The summed E-state index contributed by atoms with van der Waals surface area (Å²) in [5, 5.41) is 3.03. The average Bonchev–Trinajstić information content (AvgIpc) is 3.30. The number of nitrogens with zero attached hydrogens (tertiary/aromatic N) is 1. The number of ether oxygens (including phenoxy) is 1. The standard InChI is InChI=1S/C24H28F2N2O3/c1-24(2,28-12-4-5-13-28)22(18-10-11-19(25)20(26)15-18)27-21(29)14-16-6-8-17(9-7-16)23(30)31-3/h6-11,15,22H,4-5,12-14H2,1-3H3,(H,27,29). The molecule has 1 aliphatic heterocycles. The molecule has 31 heavy (non-hydrogen) atoms. The van der Waals surface area contributed by atoms with Gasteiger partial charge in [-0.05, 0) is 75.2 Å². The van der Waals surface area contributed by atoms with Gasteiger partial charge in [-0.1, -0.05) is 18.2 Å². The fourth-order valence-corrected chi connectivity index (χ4v) is 4.11. The zero-order valence-electron chi connectivity index (χ0n) is 18.1. The fraction of sp³-hybridized carbons (Fsp3) is 0.417. The smallest absolute Gasteiger partial charge is 0.337 e. The van der Waals surface area contributed by atoms with Gasteiger partial charge in [0.05, 0.1) is 25.1 Å². The van der Waals surface area contributed by atoms with E-state index in [1.165, 1.54) is 13.2 Å². The van der Waals surface area contributed by atoms with E-state index in [4.69, 9.17) is 0 Å². The summed E-state index contributed by atoms with van der Waals surface area (Å²) < 4.78 is 32.2. The number of methoxy groups -OCH3 is 1. The molecule has 0 bridgehead atoms. The Morgan fingerprint density at radius 3 is 2.29 bits per heavy atom. The number of carbonyl (C=O) groups is 2. The lowest BCUT2D eigenvalue weighted by Gasteiger charge is -2.42. The third kappa shape index (κ3) is 5.28. The van der Waals surface area contributed by atoms with Crippen LogP contribution in [-0.4, -0.2) is 42.5 Å². The van der Waals surface area contributed by atoms with E-state index in [1.807, 2.05) is 13.8 Å². The number of hydrogen-bond acceptors (Lipinski definition) is 4. The number of rotatable bonds is 7. The van der Waals surface area contributed by atoms with Gasteiger partial charge in [-0.3, -0.25) is 9.69 Å². The summed E-state index contributed by atoms with van der Waals surface area (Å²) in [6.45, 7) is 5.79. The predicted octanol–water partition coefficient (Wildman–Crippen LogP) is 4.03. The first-order valence-electron chi connectivity index (χ1n) is 10.4. The fourth-order valence-electron chi connectivity index (χ4n) is 4.11. The molecular weight excluding hydrogens is 402 g/mol. The van der Waals surface area contributed by atoms with E-state index < -0.39 is 29.2 Å². The first-order chi connectivity index (χ1) is 14.7. The second-order valence-corrected chi connectivity index (χ2v) is 8.39. The van der Waals surface area contributed by atoms with Crippen molar-refractivity contribution in [3.05, 3.63) is 70.8 Å². The Labute approximate surface area is 181 Å². The van der Waals surface area contributed by atoms with Crippen molar-refractivity contribution in [1.29, 1.82) is 0 Å². The van der Waals surface area contributed by atoms with E-state index in [0.29, 0.717) is 11.1 Å². The number of likely N-dealkylation sites (tertiary alicyclic amines) is 1. The van der Waals surface area contributed by atoms with Crippen molar-refractivity contribution >= 4 is 11.9 Å². The van der Waals surface area contributed by atoms with Crippen molar-refractivity contribution in [3.8, 4) is 0 Å². The van der Waals surface area contributed by atoms with Gasteiger partial charge >= 0.3 is 5.97 Å². The quantitative estimate of drug-likeness (QED) is 0.674. The third-order valence-corrected chi connectivity index (χ3v) is 5.95. The lowest BCUT2D eigenvalue weighted by Crippen LogP contribution is -2.53. The lowest BCUT2D eigenvalue weighted by molar-refractivity contribution is -0.122. The Kier molecular flexibility index (Phi) is 7.05. The van der Waals surface area contributed by atoms with Crippen LogP contribution in [0.3, 0.4) is 0 Å². The Morgan fingerprint density at radius 1 is 1.06 bits per heavy atom. The average molecular weight is 430 g/mol. The van der Waals surface area contributed by atoms with Crippen LogP contribution < -0.4 is 5.32 Å². The second kappa shape index (κ2) is 9.56. The Hall–Kier alpha value is -2.80.